The van der Waals surface area contributed by atoms with Crippen LogP contribution >= 0.6 is 0 Å². The molecule has 0 aliphatic rings. The molecule has 0 aromatic heterocycles. The standard InChI is InChI=1S/C9H16N2O5/c1-3-4-11(2)9(16)10-6(8(14)15)5-7(12)13/h6H,3-5H2,1-2H3,(H,10,16)(H,12,13)(H,14,15). The zero-order valence-corrected chi connectivity index (χ0v) is 9.27. The van der Waals surface area contributed by atoms with Gasteiger partial charge in [-0.1, -0.05) is 6.92 Å². The average molecular weight is 232 g/mol. The fourth-order valence-electron chi connectivity index (χ4n) is 1.07. The molecule has 7 nitrogen and oxygen atoms in total. The number of carbonyl (C=O) groups excluding carboxylic acids is 1. The molecule has 0 rings (SSSR count). The topological polar surface area (TPSA) is 107 Å². The molecule has 0 aromatic carbocycles. The Balaban J connectivity index is 4.34. The van der Waals surface area contributed by atoms with Crippen LogP contribution in [0.1, 0.15) is 19.8 Å². The Morgan fingerprint density at radius 3 is 2.25 bits per heavy atom. The highest BCUT2D eigenvalue weighted by atomic mass is 16.4. The average Bonchev–Trinajstić information content (AvgIpc) is 2.16. The number of urea groups is 1. The first-order chi connectivity index (χ1) is 7.38. The molecule has 0 saturated heterocycles. The second-order valence-corrected chi connectivity index (χ2v) is 3.36. The van der Waals surface area contributed by atoms with Crippen molar-refractivity contribution in [3.63, 3.8) is 0 Å². The Bertz CT molecular complexity index is 279. The van der Waals surface area contributed by atoms with Crippen molar-refractivity contribution < 1.29 is 24.6 Å². The molecule has 0 saturated carbocycles. The van der Waals surface area contributed by atoms with Crippen LogP contribution in [-0.2, 0) is 9.59 Å². The molecule has 0 spiro atoms. The van der Waals surface area contributed by atoms with Crippen LogP contribution in [0, 0.1) is 0 Å². The van der Waals surface area contributed by atoms with Crippen LogP contribution < -0.4 is 5.32 Å². The quantitative estimate of drug-likeness (QED) is 0.596. The third kappa shape index (κ3) is 5.18. The van der Waals surface area contributed by atoms with E-state index in [0.717, 1.165) is 6.42 Å². The van der Waals surface area contributed by atoms with Gasteiger partial charge in [0, 0.05) is 13.6 Å². The molecule has 0 aliphatic heterocycles. The van der Waals surface area contributed by atoms with E-state index in [1.54, 1.807) is 0 Å². The van der Waals surface area contributed by atoms with Crippen molar-refractivity contribution in [1.82, 2.24) is 10.2 Å². The maximum Gasteiger partial charge on any atom is 0.326 e. The fraction of sp³-hybridized carbons (Fsp3) is 0.667. The van der Waals surface area contributed by atoms with Gasteiger partial charge in [0.2, 0.25) is 0 Å². The van der Waals surface area contributed by atoms with Crippen molar-refractivity contribution >= 4 is 18.0 Å². The number of carboxylic acids is 2. The van der Waals surface area contributed by atoms with E-state index in [1.807, 2.05) is 6.92 Å². The first-order valence-electron chi connectivity index (χ1n) is 4.84. The van der Waals surface area contributed by atoms with Crippen molar-refractivity contribution in [3.05, 3.63) is 0 Å². The smallest absolute Gasteiger partial charge is 0.326 e. The maximum absolute atomic E-state index is 11.4. The number of carboxylic acid groups (broad SMARTS) is 2. The van der Waals surface area contributed by atoms with E-state index >= 15 is 0 Å². The zero-order chi connectivity index (χ0) is 12.7. The van der Waals surface area contributed by atoms with E-state index in [2.05, 4.69) is 5.32 Å². The van der Waals surface area contributed by atoms with Crippen LogP contribution in [0.25, 0.3) is 0 Å². The summed E-state index contributed by atoms with van der Waals surface area (Å²) in [5.41, 5.74) is 0. The summed E-state index contributed by atoms with van der Waals surface area (Å²) in [6, 6.07) is -1.99. The molecule has 3 N–H and O–H groups in total. The summed E-state index contributed by atoms with van der Waals surface area (Å²) in [6.07, 6.45) is 0.0988. The predicted octanol–water partition coefficient (Wildman–Crippen LogP) is -0.0343. The molecular formula is C9H16N2O5. The molecule has 2 amide bonds. The molecule has 7 heteroatoms. The van der Waals surface area contributed by atoms with Crippen LogP contribution in [0.3, 0.4) is 0 Å². The minimum Gasteiger partial charge on any atom is -0.481 e. The zero-order valence-electron chi connectivity index (χ0n) is 9.27. The lowest BCUT2D eigenvalue weighted by Gasteiger charge is -2.19. The van der Waals surface area contributed by atoms with Crippen molar-refractivity contribution in [3.8, 4) is 0 Å². The first kappa shape index (κ1) is 14.2. The van der Waals surface area contributed by atoms with Gasteiger partial charge in [0.15, 0.2) is 0 Å². The minimum absolute atomic E-state index is 0.477. The first-order valence-corrected chi connectivity index (χ1v) is 4.84. The normalized spacial score (nSPS) is 11.6. The molecule has 1 unspecified atom stereocenters. The van der Waals surface area contributed by atoms with Crippen molar-refractivity contribution in [2.24, 2.45) is 0 Å². The van der Waals surface area contributed by atoms with Gasteiger partial charge in [-0.2, -0.15) is 0 Å². The molecule has 0 fully saturated rings. The summed E-state index contributed by atoms with van der Waals surface area (Å²) in [4.78, 5) is 33.7. The molecule has 0 heterocycles. The van der Waals surface area contributed by atoms with Gasteiger partial charge in [-0.3, -0.25) is 4.79 Å². The van der Waals surface area contributed by atoms with Crippen LogP contribution in [0.4, 0.5) is 4.79 Å². The summed E-state index contributed by atoms with van der Waals surface area (Å²) in [6.45, 7) is 2.35. The summed E-state index contributed by atoms with van der Waals surface area (Å²) >= 11 is 0. The summed E-state index contributed by atoms with van der Waals surface area (Å²) in [5, 5.41) is 19.3. The Kier molecular flexibility index (Phi) is 5.91. The van der Waals surface area contributed by atoms with Gasteiger partial charge in [-0.25, -0.2) is 9.59 Å². The van der Waals surface area contributed by atoms with Crippen molar-refractivity contribution in [2.45, 2.75) is 25.8 Å². The van der Waals surface area contributed by atoms with E-state index in [0.29, 0.717) is 6.54 Å². The summed E-state index contributed by atoms with van der Waals surface area (Å²) < 4.78 is 0. The number of nitrogens with one attached hydrogen (secondary N) is 1. The van der Waals surface area contributed by atoms with Crippen LogP contribution in [0.5, 0.6) is 0 Å². The number of carbonyl (C=O) groups is 3. The van der Waals surface area contributed by atoms with Crippen LogP contribution in [-0.4, -0.2) is 52.7 Å². The van der Waals surface area contributed by atoms with Crippen molar-refractivity contribution in [1.29, 1.82) is 0 Å². The second-order valence-electron chi connectivity index (χ2n) is 3.36. The SMILES string of the molecule is CCCN(C)C(=O)NC(CC(=O)O)C(=O)O. The number of aliphatic carboxylic acids is 2. The molecule has 92 valence electrons. The Labute approximate surface area is 93.0 Å². The van der Waals surface area contributed by atoms with Gasteiger partial charge >= 0.3 is 18.0 Å². The third-order valence-corrected chi connectivity index (χ3v) is 1.88. The lowest BCUT2D eigenvalue weighted by atomic mass is 10.2. The molecule has 16 heavy (non-hydrogen) atoms. The van der Waals surface area contributed by atoms with Crippen LogP contribution in [0.2, 0.25) is 0 Å². The van der Waals surface area contributed by atoms with Crippen molar-refractivity contribution in [2.75, 3.05) is 13.6 Å². The van der Waals surface area contributed by atoms with E-state index in [9.17, 15) is 14.4 Å². The number of nitrogens with zero attached hydrogens (tertiary/aromatic N) is 1. The predicted molar refractivity (Wildman–Crippen MR) is 55.1 cm³/mol. The van der Waals surface area contributed by atoms with E-state index in [1.165, 1.54) is 11.9 Å². The maximum atomic E-state index is 11.4. The Morgan fingerprint density at radius 1 is 1.31 bits per heavy atom. The molecule has 0 aliphatic carbocycles. The Morgan fingerprint density at radius 2 is 1.88 bits per heavy atom. The van der Waals surface area contributed by atoms with Gasteiger partial charge in [0.1, 0.15) is 6.04 Å². The lowest BCUT2D eigenvalue weighted by molar-refractivity contribution is -0.145. The number of hydrogen-bond donors (Lipinski definition) is 3. The van der Waals surface area contributed by atoms with Crippen LogP contribution in [0.15, 0.2) is 0 Å². The highest BCUT2D eigenvalue weighted by molar-refractivity contribution is 5.86. The van der Waals surface area contributed by atoms with Gasteiger partial charge in [0.05, 0.1) is 6.42 Å². The minimum atomic E-state index is -1.40. The highest BCUT2D eigenvalue weighted by Gasteiger charge is 2.24. The van der Waals surface area contributed by atoms with E-state index in [4.69, 9.17) is 10.2 Å². The molecule has 0 aromatic rings. The highest BCUT2D eigenvalue weighted by Crippen LogP contribution is 1.95. The van der Waals surface area contributed by atoms with Gasteiger partial charge in [0.25, 0.3) is 0 Å². The monoisotopic (exact) mass is 232 g/mol. The number of amides is 2. The largest absolute Gasteiger partial charge is 0.481 e. The number of hydrogen-bond acceptors (Lipinski definition) is 3. The summed E-state index contributed by atoms with van der Waals surface area (Å²) in [7, 11) is 1.51. The fourth-order valence-corrected chi connectivity index (χ4v) is 1.07. The third-order valence-electron chi connectivity index (χ3n) is 1.88. The van der Waals surface area contributed by atoms with E-state index in [-0.39, 0.29) is 0 Å². The number of rotatable bonds is 6. The van der Waals surface area contributed by atoms with Gasteiger partial charge < -0.3 is 20.4 Å². The Hall–Kier alpha value is -1.79. The molecule has 0 radical (unpaired) electrons. The second kappa shape index (κ2) is 6.65. The van der Waals surface area contributed by atoms with E-state index < -0.39 is 30.4 Å². The molecule has 0 bridgehead atoms. The summed E-state index contributed by atoms with van der Waals surface area (Å²) in [5.74, 6) is -2.63. The lowest BCUT2D eigenvalue weighted by Crippen LogP contribution is -2.47. The van der Waals surface area contributed by atoms with Gasteiger partial charge in [-0.05, 0) is 6.42 Å². The van der Waals surface area contributed by atoms with Gasteiger partial charge in [-0.15, -0.1) is 0 Å². The molecule has 1 atom stereocenters. The molecular weight excluding hydrogens is 216 g/mol.